The second kappa shape index (κ2) is 10.1. The summed E-state index contributed by atoms with van der Waals surface area (Å²) in [6.07, 6.45) is -2.91. The molecule has 2 aromatic carbocycles. The van der Waals surface area contributed by atoms with Gasteiger partial charge in [-0.1, -0.05) is 0 Å². The predicted octanol–water partition coefficient (Wildman–Crippen LogP) is 4.77. The van der Waals surface area contributed by atoms with Crippen LogP contribution in [-0.4, -0.2) is 42.5 Å². The Hall–Kier alpha value is -3.03. The quantitative estimate of drug-likeness (QED) is 0.692. The summed E-state index contributed by atoms with van der Waals surface area (Å²) in [6, 6.07) is 11.4. The van der Waals surface area contributed by atoms with E-state index in [-0.39, 0.29) is 29.3 Å². The molecule has 2 amide bonds. The molecule has 0 saturated carbocycles. The number of rotatable bonds is 6. The summed E-state index contributed by atoms with van der Waals surface area (Å²) in [5.41, 5.74) is 0.0638. The number of nitrogens with zero attached hydrogens (tertiary/aromatic N) is 1. The minimum atomic E-state index is -4.42. The van der Waals surface area contributed by atoms with Crippen molar-refractivity contribution in [3.8, 4) is 5.75 Å². The first-order valence-corrected chi connectivity index (χ1v) is 10.6. The normalized spacial score (nSPS) is 15.0. The highest BCUT2D eigenvalue weighted by Crippen LogP contribution is 2.29. The van der Waals surface area contributed by atoms with E-state index in [0.717, 1.165) is 25.0 Å². The third-order valence-corrected chi connectivity index (χ3v) is 5.38. The highest BCUT2D eigenvalue weighted by molar-refractivity contribution is 5.94. The third kappa shape index (κ3) is 6.24. The molecule has 1 heterocycles. The van der Waals surface area contributed by atoms with E-state index in [2.05, 4.69) is 5.32 Å². The molecule has 8 heteroatoms. The molecule has 32 heavy (non-hydrogen) atoms. The van der Waals surface area contributed by atoms with E-state index in [1.807, 2.05) is 13.8 Å². The topological polar surface area (TPSA) is 58.6 Å². The molecule has 1 N–H and O–H groups in total. The molecule has 0 bridgehead atoms. The summed E-state index contributed by atoms with van der Waals surface area (Å²) in [5.74, 6) is 0.565. The Kier molecular flexibility index (Phi) is 7.43. The van der Waals surface area contributed by atoms with Gasteiger partial charge in [0.05, 0.1) is 12.2 Å². The zero-order chi connectivity index (χ0) is 23.3. The first-order valence-electron chi connectivity index (χ1n) is 10.6. The minimum Gasteiger partial charge on any atom is -0.493 e. The lowest BCUT2D eigenvalue weighted by atomic mass is 9.97. The lowest BCUT2D eigenvalue weighted by Gasteiger charge is -2.32. The van der Waals surface area contributed by atoms with Crippen LogP contribution in [0.4, 0.5) is 13.2 Å². The van der Waals surface area contributed by atoms with Crippen LogP contribution in [0.1, 0.15) is 53.0 Å². The van der Waals surface area contributed by atoms with Crippen molar-refractivity contribution in [3.05, 3.63) is 65.2 Å². The maximum atomic E-state index is 12.7. The number of carbonyl (C=O) groups excluding carboxylic acids is 2. The number of likely N-dealkylation sites (tertiary alicyclic amines) is 1. The lowest BCUT2D eigenvalue weighted by Crippen LogP contribution is -2.39. The fourth-order valence-corrected chi connectivity index (χ4v) is 3.55. The number of hydrogen-bond donors (Lipinski definition) is 1. The Morgan fingerprint density at radius 3 is 2.09 bits per heavy atom. The number of piperidine rings is 1. The average Bonchev–Trinajstić information content (AvgIpc) is 2.77. The molecule has 1 aliphatic heterocycles. The van der Waals surface area contributed by atoms with Crippen molar-refractivity contribution < 1.29 is 27.5 Å². The minimum absolute atomic E-state index is 0.0652. The van der Waals surface area contributed by atoms with Gasteiger partial charge in [-0.2, -0.15) is 13.2 Å². The van der Waals surface area contributed by atoms with Crippen molar-refractivity contribution in [2.45, 2.75) is 38.9 Å². The maximum absolute atomic E-state index is 12.7. The van der Waals surface area contributed by atoms with E-state index in [0.29, 0.717) is 31.0 Å². The standard InChI is InChI=1S/C24H27F3N2O3/c1-16(2)28-22(30)18-5-9-21(10-6-18)32-15-17-11-13-29(14-12-17)23(31)19-3-7-20(8-4-19)24(25,26)27/h3-10,16-17H,11-15H2,1-2H3,(H,28,30). The smallest absolute Gasteiger partial charge is 0.416 e. The number of halogens is 3. The van der Waals surface area contributed by atoms with E-state index in [9.17, 15) is 22.8 Å². The second-order valence-corrected chi connectivity index (χ2v) is 8.27. The molecule has 5 nitrogen and oxygen atoms in total. The number of benzene rings is 2. The molecule has 0 aromatic heterocycles. The fraction of sp³-hybridized carbons (Fsp3) is 0.417. The van der Waals surface area contributed by atoms with Crippen LogP contribution in [0.5, 0.6) is 5.75 Å². The lowest BCUT2D eigenvalue weighted by molar-refractivity contribution is -0.137. The highest BCUT2D eigenvalue weighted by Gasteiger charge is 2.31. The van der Waals surface area contributed by atoms with Gasteiger partial charge in [0.1, 0.15) is 5.75 Å². The Balaban J connectivity index is 1.46. The van der Waals surface area contributed by atoms with Crippen LogP contribution in [-0.2, 0) is 6.18 Å². The van der Waals surface area contributed by atoms with Gasteiger partial charge in [-0.25, -0.2) is 0 Å². The van der Waals surface area contributed by atoms with Crippen molar-refractivity contribution in [1.29, 1.82) is 0 Å². The largest absolute Gasteiger partial charge is 0.493 e. The van der Waals surface area contributed by atoms with Crippen molar-refractivity contribution in [3.63, 3.8) is 0 Å². The van der Waals surface area contributed by atoms with E-state index in [1.54, 1.807) is 29.2 Å². The number of nitrogens with one attached hydrogen (secondary N) is 1. The summed E-state index contributed by atoms with van der Waals surface area (Å²) >= 11 is 0. The summed E-state index contributed by atoms with van der Waals surface area (Å²) in [5, 5.41) is 2.83. The molecule has 1 fully saturated rings. The second-order valence-electron chi connectivity index (χ2n) is 8.27. The van der Waals surface area contributed by atoms with Crippen LogP contribution in [0.25, 0.3) is 0 Å². The first-order chi connectivity index (χ1) is 15.1. The molecule has 3 rings (SSSR count). The van der Waals surface area contributed by atoms with Gasteiger partial charge in [0.15, 0.2) is 0 Å². The molecule has 0 aliphatic carbocycles. The predicted molar refractivity (Wildman–Crippen MR) is 115 cm³/mol. The summed E-state index contributed by atoms with van der Waals surface area (Å²) in [7, 11) is 0. The van der Waals surface area contributed by atoms with Gasteiger partial charge in [0.2, 0.25) is 0 Å². The molecule has 0 radical (unpaired) electrons. The van der Waals surface area contributed by atoms with E-state index >= 15 is 0 Å². The molecule has 0 spiro atoms. The molecular weight excluding hydrogens is 421 g/mol. The monoisotopic (exact) mass is 448 g/mol. The Labute approximate surface area is 185 Å². The molecule has 1 saturated heterocycles. The third-order valence-electron chi connectivity index (χ3n) is 5.38. The number of ether oxygens (including phenoxy) is 1. The van der Waals surface area contributed by atoms with Gasteiger partial charge in [-0.15, -0.1) is 0 Å². The zero-order valence-electron chi connectivity index (χ0n) is 18.1. The van der Waals surface area contributed by atoms with Gasteiger partial charge in [-0.3, -0.25) is 9.59 Å². The number of carbonyl (C=O) groups is 2. The SMILES string of the molecule is CC(C)NC(=O)c1ccc(OCC2CCN(C(=O)c3ccc(C(F)(F)F)cc3)CC2)cc1. The van der Waals surface area contributed by atoms with Crippen molar-refractivity contribution in [2.24, 2.45) is 5.92 Å². The molecule has 2 aromatic rings. The van der Waals surface area contributed by atoms with Crippen LogP contribution in [0, 0.1) is 5.92 Å². The van der Waals surface area contributed by atoms with Crippen LogP contribution < -0.4 is 10.1 Å². The summed E-state index contributed by atoms with van der Waals surface area (Å²) in [4.78, 5) is 26.2. The number of amides is 2. The van der Waals surface area contributed by atoms with Gasteiger partial charge in [0.25, 0.3) is 11.8 Å². The van der Waals surface area contributed by atoms with Crippen LogP contribution in [0.15, 0.2) is 48.5 Å². The maximum Gasteiger partial charge on any atom is 0.416 e. The molecule has 1 aliphatic rings. The molecule has 0 atom stereocenters. The van der Waals surface area contributed by atoms with Crippen molar-refractivity contribution in [2.75, 3.05) is 19.7 Å². The molecule has 0 unspecified atom stereocenters. The Morgan fingerprint density at radius 1 is 1.00 bits per heavy atom. The molecule has 172 valence electrons. The highest BCUT2D eigenvalue weighted by atomic mass is 19.4. The van der Waals surface area contributed by atoms with E-state index in [1.165, 1.54) is 12.1 Å². The average molecular weight is 448 g/mol. The van der Waals surface area contributed by atoms with E-state index < -0.39 is 11.7 Å². The van der Waals surface area contributed by atoms with Gasteiger partial charge in [-0.05, 0) is 81.1 Å². The van der Waals surface area contributed by atoms with Crippen LogP contribution in [0.3, 0.4) is 0 Å². The van der Waals surface area contributed by atoms with Crippen molar-refractivity contribution >= 4 is 11.8 Å². The fourth-order valence-electron chi connectivity index (χ4n) is 3.55. The number of alkyl halides is 3. The summed E-state index contributed by atoms with van der Waals surface area (Å²) in [6.45, 7) is 5.36. The zero-order valence-corrected chi connectivity index (χ0v) is 18.1. The Bertz CT molecular complexity index is 917. The van der Waals surface area contributed by atoms with E-state index in [4.69, 9.17) is 4.74 Å². The molecular formula is C24H27F3N2O3. The van der Waals surface area contributed by atoms with Crippen molar-refractivity contribution in [1.82, 2.24) is 10.2 Å². The Morgan fingerprint density at radius 2 is 1.56 bits per heavy atom. The number of hydrogen-bond acceptors (Lipinski definition) is 3. The van der Waals surface area contributed by atoms with Gasteiger partial charge >= 0.3 is 6.18 Å². The first kappa shape index (κ1) is 23.6. The van der Waals surface area contributed by atoms with Gasteiger partial charge < -0.3 is 15.0 Å². The summed E-state index contributed by atoms with van der Waals surface area (Å²) < 4.78 is 43.9. The van der Waals surface area contributed by atoms with Crippen LogP contribution in [0.2, 0.25) is 0 Å². The van der Waals surface area contributed by atoms with Crippen LogP contribution >= 0.6 is 0 Å². The van der Waals surface area contributed by atoms with Gasteiger partial charge in [0, 0.05) is 30.3 Å².